The summed E-state index contributed by atoms with van der Waals surface area (Å²) in [5.41, 5.74) is 1.64. The molecular formula is C13H13BrN4. The van der Waals surface area contributed by atoms with Crippen molar-refractivity contribution in [3.8, 4) is 6.07 Å². The quantitative estimate of drug-likeness (QED) is 0.944. The molecule has 0 aliphatic carbocycles. The Morgan fingerprint density at radius 1 is 1.56 bits per heavy atom. The summed E-state index contributed by atoms with van der Waals surface area (Å²) in [7, 11) is 0. The van der Waals surface area contributed by atoms with Crippen LogP contribution < -0.4 is 5.32 Å². The van der Waals surface area contributed by atoms with Crippen LogP contribution in [-0.4, -0.2) is 15.6 Å². The van der Waals surface area contributed by atoms with Gasteiger partial charge in [-0.2, -0.15) is 5.26 Å². The number of imidazole rings is 1. The van der Waals surface area contributed by atoms with Crippen molar-refractivity contribution in [1.29, 1.82) is 5.26 Å². The molecule has 0 saturated heterocycles. The van der Waals surface area contributed by atoms with E-state index >= 15 is 0 Å². The Kier molecular flexibility index (Phi) is 4.00. The molecule has 1 aromatic carbocycles. The van der Waals surface area contributed by atoms with Crippen LogP contribution in [-0.2, 0) is 6.54 Å². The van der Waals surface area contributed by atoms with E-state index in [9.17, 15) is 0 Å². The van der Waals surface area contributed by atoms with Crippen LogP contribution in [0.25, 0.3) is 0 Å². The fourth-order valence-corrected chi connectivity index (χ4v) is 2.22. The van der Waals surface area contributed by atoms with E-state index in [-0.39, 0.29) is 6.04 Å². The molecule has 5 heteroatoms. The van der Waals surface area contributed by atoms with Gasteiger partial charge in [-0.05, 0) is 41.1 Å². The predicted octanol–water partition coefficient (Wildman–Crippen LogP) is 3.02. The smallest absolute Gasteiger partial charge is 0.0992 e. The SMILES string of the molecule is CC(Cn1ccnc1)Nc1ccc(C#N)cc1Br. The maximum Gasteiger partial charge on any atom is 0.0992 e. The molecule has 18 heavy (non-hydrogen) atoms. The number of halogens is 1. The number of benzene rings is 1. The number of hydrogen-bond donors (Lipinski definition) is 1. The zero-order chi connectivity index (χ0) is 13.0. The van der Waals surface area contributed by atoms with Gasteiger partial charge in [0.2, 0.25) is 0 Å². The van der Waals surface area contributed by atoms with Crippen LogP contribution in [0.5, 0.6) is 0 Å². The lowest BCUT2D eigenvalue weighted by Crippen LogP contribution is -2.21. The number of rotatable bonds is 4. The van der Waals surface area contributed by atoms with Crippen LogP contribution in [0.3, 0.4) is 0 Å². The van der Waals surface area contributed by atoms with Crippen molar-refractivity contribution in [3.05, 3.63) is 47.0 Å². The summed E-state index contributed by atoms with van der Waals surface area (Å²) < 4.78 is 2.92. The Morgan fingerprint density at radius 2 is 2.39 bits per heavy atom. The minimum absolute atomic E-state index is 0.267. The second-order valence-corrected chi connectivity index (χ2v) is 4.97. The second kappa shape index (κ2) is 5.69. The average molecular weight is 305 g/mol. The van der Waals surface area contributed by atoms with E-state index in [4.69, 9.17) is 5.26 Å². The highest BCUT2D eigenvalue weighted by atomic mass is 79.9. The van der Waals surface area contributed by atoms with Crippen molar-refractivity contribution in [3.63, 3.8) is 0 Å². The van der Waals surface area contributed by atoms with Crippen molar-refractivity contribution in [2.75, 3.05) is 5.32 Å². The Labute approximate surface area is 114 Å². The van der Waals surface area contributed by atoms with Gasteiger partial charge in [-0.15, -0.1) is 0 Å². The summed E-state index contributed by atoms with van der Waals surface area (Å²) in [5, 5.41) is 12.2. The Hall–Kier alpha value is -1.80. The molecule has 0 aliphatic rings. The topological polar surface area (TPSA) is 53.6 Å². The van der Waals surface area contributed by atoms with Gasteiger partial charge in [-0.3, -0.25) is 0 Å². The van der Waals surface area contributed by atoms with Crippen molar-refractivity contribution in [2.24, 2.45) is 0 Å². The molecule has 1 N–H and O–H groups in total. The van der Waals surface area contributed by atoms with Crippen molar-refractivity contribution in [2.45, 2.75) is 19.5 Å². The summed E-state index contributed by atoms with van der Waals surface area (Å²) in [5.74, 6) is 0. The molecule has 0 saturated carbocycles. The second-order valence-electron chi connectivity index (χ2n) is 4.11. The van der Waals surface area contributed by atoms with E-state index in [1.807, 2.05) is 22.9 Å². The third-order valence-electron chi connectivity index (χ3n) is 2.54. The summed E-state index contributed by atoms with van der Waals surface area (Å²) >= 11 is 3.46. The van der Waals surface area contributed by atoms with Crippen LogP contribution in [0.2, 0.25) is 0 Å². The lowest BCUT2D eigenvalue weighted by Gasteiger charge is -2.17. The highest BCUT2D eigenvalue weighted by Crippen LogP contribution is 2.24. The van der Waals surface area contributed by atoms with Gasteiger partial charge in [-0.25, -0.2) is 4.98 Å². The molecule has 0 aliphatic heterocycles. The Balaban J connectivity index is 2.03. The summed E-state index contributed by atoms with van der Waals surface area (Å²) in [6, 6.07) is 7.91. The first-order chi connectivity index (χ1) is 8.69. The zero-order valence-corrected chi connectivity index (χ0v) is 11.6. The molecule has 0 fully saturated rings. The fraction of sp³-hybridized carbons (Fsp3) is 0.231. The minimum Gasteiger partial charge on any atom is -0.380 e. The number of aromatic nitrogens is 2. The lowest BCUT2D eigenvalue weighted by molar-refractivity contribution is 0.618. The van der Waals surface area contributed by atoms with E-state index < -0.39 is 0 Å². The number of hydrogen-bond acceptors (Lipinski definition) is 3. The van der Waals surface area contributed by atoms with Gasteiger partial charge in [-0.1, -0.05) is 0 Å². The molecule has 0 radical (unpaired) electrons. The molecule has 0 bridgehead atoms. The van der Waals surface area contributed by atoms with Crippen molar-refractivity contribution >= 4 is 21.6 Å². The molecule has 0 spiro atoms. The summed E-state index contributed by atoms with van der Waals surface area (Å²) in [6.07, 6.45) is 5.50. The fourth-order valence-electron chi connectivity index (χ4n) is 1.72. The zero-order valence-electron chi connectivity index (χ0n) is 9.97. The van der Waals surface area contributed by atoms with Crippen LogP contribution in [0.4, 0.5) is 5.69 Å². The Bertz CT molecular complexity index is 557. The first kappa shape index (κ1) is 12.7. The van der Waals surface area contributed by atoms with Gasteiger partial charge in [0.25, 0.3) is 0 Å². The molecular weight excluding hydrogens is 292 g/mol. The molecule has 0 amide bonds. The minimum atomic E-state index is 0.267. The van der Waals surface area contributed by atoms with E-state index in [1.54, 1.807) is 18.6 Å². The lowest BCUT2D eigenvalue weighted by atomic mass is 10.2. The van der Waals surface area contributed by atoms with Gasteiger partial charge in [0.05, 0.1) is 18.0 Å². The first-order valence-electron chi connectivity index (χ1n) is 5.61. The molecule has 1 aromatic heterocycles. The third-order valence-corrected chi connectivity index (χ3v) is 3.20. The van der Waals surface area contributed by atoms with Crippen LogP contribution >= 0.6 is 15.9 Å². The summed E-state index contributed by atoms with van der Waals surface area (Å²) in [6.45, 7) is 2.94. The molecule has 2 aromatic rings. The van der Waals surface area contributed by atoms with Crippen LogP contribution in [0, 0.1) is 11.3 Å². The van der Waals surface area contributed by atoms with Crippen molar-refractivity contribution < 1.29 is 0 Å². The number of nitriles is 1. The van der Waals surface area contributed by atoms with E-state index in [1.165, 1.54) is 0 Å². The van der Waals surface area contributed by atoms with Gasteiger partial charge < -0.3 is 9.88 Å². The van der Waals surface area contributed by atoms with Gasteiger partial charge in [0, 0.05) is 35.1 Å². The predicted molar refractivity (Wildman–Crippen MR) is 74.2 cm³/mol. The molecule has 1 heterocycles. The normalized spacial score (nSPS) is 11.8. The molecule has 1 atom stereocenters. The first-order valence-corrected chi connectivity index (χ1v) is 6.40. The van der Waals surface area contributed by atoms with Gasteiger partial charge in [0.15, 0.2) is 0 Å². The highest BCUT2D eigenvalue weighted by molar-refractivity contribution is 9.10. The average Bonchev–Trinajstić information content (AvgIpc) is 2.84. The maximum absolute atomic E-state index is 8.80. The molecule has 1 unspecified atom stereocenters. The largest absolute Gasteiger partial charge is 0.380 e. The van der Waals surface area contributed by atoms with Gasteiger partial charge in [0.1, 0.15) is 0 Å². The van der Waals surface area contributed by atoms with Crippen molar-refractivity contribution in [1.82, 2.24) is 9.55 Å². The van der Waals surface area contributed by atoms with Crippen LogP contribution in [0.1, 0.15) is 12.5 Å². The highest BCUT2D eigenvalue weighted by Gasteiger charge is 2.06. The molecule has 2 rings (SSSR count). The number of anilines is 1. The van der Waals surface area contributed by atoms with E-state index in [0.29, 0.717) is 5.56 Å². The van der Waals surface area contributed by atoms with E-state index in [2.05, 4.69) is 39.2 Å². The number of nitrogens with zero attached hydrogens (tertiary/aromatic N) is 3. The molecule has 4 nitrogen and oxygen atoms in total. The van der Waals surface area contributed by atoms with Crippen LogP contribution in [0.15, 0.2) is 41.4 Å². The molecule has 92 valence electrons. The standard InChI is InChI=1S/C13H13BrN4/c1-10(8-18-5-4-16-9-18)17-13-3-2-11(7-15)6-12(13)14/h2-6,9-10,17H,8H2,1H3. The Morgan fingerprint density at radius 3 is 3.00 bits per heavy atom. The monoisotopic (exact) mass is 304 g/mol. The maximum atomic E-state index is 8.80. The number of nitrogens with one attached hydrogen (secondary N) is 1. The van der Waals surface area contributed by atoms with E-state index in [0.717, 1.165) is 16.7 Å². The third kappa shape index (κ3) is 3.11. The summed E-state index contributed by atoms with van der Waals surface area (Å²) in [4.78, 5) is 4.01. The van der Waals surface area contributed by atoms with Gasteiger partial charge >= 0.3 is 0 Å².